The number of nitrogens with zero attached hydrogens (tertiary/aromatic N) is 2. The van der Waals surface area contributed by atoms with Crippen molar-refractivity contribution in [3.63, 3.8) is 0 Å². The Morgan fingerprint density at radius 3 is 1.33 bits per heavy atom. The molecule has 4 aromatic carbocycles. The predicted molar refractivity (Wildman–Crippen MR) is 214 cm³/mol. The summed E-state index contributed by atoms with van der Waals surface area (Å²) in [6.45, 7) is 0.878. The normalized spacial score (nSPS) is 14.5. The number of ketones is 1. The van der Waals surface area contributed by atoms with Gasteiger partial charge in [-0.05, 0) is 73.2 Å². The molecule has 6 rings (SSSR count). The van der Waals surface area contributed by atoms with E-state index >= 15 is 0 Å². The molecule has 284 valence electrons. The van der Waals surface area contributed by atoms with Crippen molar-refractivity contribution in [3.05, 3.63) is 131 Å². The van der Waals surface area contributed by atoms with E-state index in [0.29, 0.717) is 24.2 Å². The van der Waals surface area contributed by atoms with Crippen LogP contribution in [-0.4, -0.2) is 49.6 Å². The number of para-hydroxylation sites is 2. The van der Waals surface area contributed by atoms with Crippen molar-refractivity contribution < 1.29 is 23.9 Å². The highest BCUT2D eigenvalue weighted by Gasteiger charge is 2.23. The van der Waals surface area contributed by atoms with Crippen LogP contribution in [0, 0.1) is 0 Å². The smallest absolute Gasteiger partial charge is 0.337 e. The van der Waals surface area contributed by atoms with E-state index < -0.39 is 0 Å². The van der Waals surface area contributed by atoms with Crippen molar-refractivity contribution in [2.75, 3.05) is 23.5 Å². The fourth-order valence-corrected chi connectivity index (χ4v) is 6.92. The van der Waals surface area contributed by atoms with Crippen LogP contribution in [0.1, 0.15) is 96.1 Å². The Kier molecular flexibility index (Phi) is 15.2. The standard InChI is InChI=1S/C22H27N3O2.C22H26N2O3/c23-15-21(26)18-13-11-17(12-14-18)16-25(20-9-5-2-6-10-20)22(27)24-19-7-3-1-4-8-19;1-27-21(25)18-14-12-17(13-15-18)16-24(20-10-6-3-7-11-20)22(26)23-19-8-4-2-5-9-19/h2,5-6,9-14,19H,1,3-4,7-8,15-16,23H2,(H,24,27);3,6-7,10-15,19H,2,4-5,8-9,16H2,1H3,(H,23,26). The number of nitrogens with two attached hydrogens (primary N) is 1. The van der Waals surface area contributed by atoms with Crippen LogP contribution in [0.3, 0.4) is 0 Å². The lowest BCUT2D eigenvalue weighted by Crippen LogP contribution is -2.45. The molecular formula is C44H53N5O5. The molecule has 4 N–H and O–H groups in total. The van der Waals surface area contributed by atoms with Crippen molar-refractivity contribution in [2.24, 2.45) is 5.73 Å². The number of esters is 1. The summed E-state index contributed by atoms with van der Waals surface area (Å²) in [4.78, 5) is 52.8. The lowest BCUT2D eigenvalue weighted by molar-refractivity contribution is 0.0600. The number of ether oxygens (including phenoxy) is 1. The Balaban J connectivity index is 0.000000208. The van der Waals surface area contributed by atoms with Crippen LogP contribution in [0.2, 0.25) is 0 Å². The Hall–Kier alpha value is -5.48. The van der Waals surface area contributed by atoms with Gasteiger partial charge >= 0.3 is 18.0 Å². The summed E-state index contributed by atoms with van der Waals surface area (Å²) >= 11 is 0. The van der Waals surface area contributed by atoms with Gasteiger partial charge in [0.15, 0.2) is 5.78 Å². The number of Topliss-reactive ketones (excluding diaryl/α,β-unsaturated/α-hetero) is 1. The van der Waals surface area contributed by atoms with Gasteiger partial charge < -0.3 is 21.1 Å². The number of benzene rings is 4. The molecule has 0 spiro atoms. The molecule has 10 heteroatoms. The molecule has 0 unspecified atom stereocenters. The number of amides is 4. The number of hydrogen-bond donors (Lipinski definition) is 3. The van der Waals surface area contributed by atoms with Gasteiger partial charge in [0.25, 0.3) is 0 Å². The third-order valence-electron chi connectivity index (χ3n) is 10.0. The van der Waals surface area contributed by atoms with E-state index in [0.717, 1.165) is 48.2 Å². The molecule has 0 heterocycles. The summed E-state index contributed by atoms with van der Waals surface area (Å²) < 4.78 is 4.74. The van der Waals surface area contributed by atoms with Crippen LogP contribution in [0.5, 0.6) is 0 Å². The molecule has 0 atom stereocenters. The van der Waals surface area contributed by atoms with E-state index in [1.54, 1.807) is 34.1 Å². The summed E-state index contributed by atoms with van der Waals surface area (Å²) in [6.07, 6.45) is 11.4. The van der Waals surface area contributed by atoms with Gasteiger partial charge in [0, 0.05) is 29.0 Å². The number of anilines is 2. The molecule has 2 saturated carbocycles. The molecule has 2 aliphatic rings. The van der Waals surface area contributed by atoms with Crippen molar-refractivity contribution in [2.45, 2.75) is 89.4 Å². The van der Waals surface area contributed by atoms with Crippen molar-refractivity contribution in [3.8, 4) is 0 Å². The first-order valence-electron chi connectivity index (χ1n) is 19.1. The van der Waals surface area contributed by atoms with Gasteiger partial charge in [0.1, 0.15) is 0 Å². The van der Waals surface area contributed by atoms with E-state index in [2.05, 4.69) is 10.6 Å². The molecule has 4 amide bonds. The van der Waals surface area contributed by atoms with E-state index in [1.165, 1.54) is 45.6 Å². The number of nitrogens with one attached hydrogen (secondary N) is 2. The first-order chi connectivity index (χ1) is 26.3. The third kappa shape index (κ3) is 11.8. The molecule has 0 radical (unpaired) electrons. The van der Waals surface area contributed by atoms with Gasteiger partial charge in [0.2, 0.25) is 0 Å². The lowest BCUT2D eigenvalue weighted by Gasteiger charge is -2.28. The van der Waals surface area contributed by atoms with E-state index in [1.807, 2.05) is 84.9 Å². The summed E-state index contributed by atoms with van der Waals surface area (Å²) in [7, 11) is 1.36. The Morgan fingerprint density at radius 2 is 0.963 bits per heavy atom. The Labute approximate surface area is 319 Å². The number of carbonyl (C=O) groups excluding carboxylic acids is 4. The molecule has 0 saturated heterocycles. The van der Waals surface area contributed by atoms with E-state index in [4.69, 9.17) is 10.5 Å². The second-order valence-corrected chi connectivity index (χ2v) is 13.9. The number of methoxy groups -OCH3 is 1. The zero-order chi connectivity index (χ0) is 38.1. The third-order valence-corrected chi connectivity index (χ3v) is 10.0. The molecule has 0 aromatic heterocycles. The minimum absolute atomic E-state index is 0.000713. The fraction of sp³-hybridized carbons (Fsp3) is 0.364. The Bertz CT molecular complexity index is 1640. The average molecular weight is 732 g/mol. The second-order valence-electron chi connectivity index (χ2n) is 13.9. The summed E-state index contributed by atoms with van der Waals surface area (Å²) in [5.74, 6) is -0.451. The van der Waals surface area contributed by atoms with Crippen LogP contribution in [0.4, 0.5) is 21.0 Å². The van der Waals surface area contributed by atoms with Crippen LogP contribution >= 0.6 is 0 Å². The highest BCUT2D eigenvalue weighted by atomic mass is 16.5. The zero-order valence-corrected chi connectivity index (χ0v) is 31.3. The average Bonchev–Trinajstić information content (AvgIpc) is 3.23. The first kappa shape index (κ1) is 39.7. The molecular weight excluding hydrogens is 679 g/mol. The zero-order valence-electron chi connectivity index (χ0n) is 31.3. The highest BCUT2D eigenvalue weighted by Crippen LogP contribution is 2.23. The van der Waals surface area contributed by atoms with Gasteiger partial charge in [-0.25, -0.2) is 14.4 Å². The van der Waals surface area contributed by atoms with Gasteiger partial charge in [0.05, 0.1) is 32.3 Å². The Morgan fingerprint density at radius 1 is 0.574 bits per heavy atom. The minimum atomic E-state index is -0.364. The number of rotatable bonds is 11. The van der Waals surface area contributed by atoms with E-state index in [9.17, 15) is 19.2 Å². The predicted octanol–water partition coefficient (Wildman–Crippen LogP) is 8.40. The molecule has 2 fully saturated rings. The van der Waals surface area contributed by atoms with Crippen LogP contribution in [0.15, 0.2) is 109 Å². The van der Waals surface area contributed by atoms with Gasteiger partial charge in [-0.3, -0.25) is 14.6 Å². The number of hydrogen-bond acceptors (Lipinski definition) is 6. The largest absolute Gasteiger partial charge is 0.465 e. The number of carbonyl (C=O) groups is 4. The maximum Gasteiger partial charge on any atom is 0.337 e. The molecule has 4 aromatic rings. The maximum absolute atomic E-state index is 13.0. The molecule has 2 aliphatic carbocycles. The molecule has 0 aliphatic heterocycles. The fourth-order valence-electron chi connectivity index (χ4n) is 6.92. The van der Waals surface area contributed by atoms with E-state index in [-0.39, 0.29) is 42.4 Å². The summed E-state index contributed by atoms with van der Waals surface area (Å²) in [6, 6.07) is 34.1. The van der Waals surface area contributed by atoms with Crippen molar-refractivity contribution in [1.29, 1.82) is 0 Å². The number of urea groups is 2. The van der Waals surface area contributed by atoms with Crippen molar-refractivity contribution >= 4 is 35.2 Å². The van der Waals surface area contributed by atoms with Crippen molar-refractivity contribution in [1.82, 2.24) is 10.6 Å². The van der Waals surface area contributed by atoms with Crippen LogP contribution in [0.25, 0.3) is 0 Å². The maximum atomic E-state index is 13.0. The monoisotopic (exact) mass is 731 g/mol. The second kappa shape index (κ2) is 20.7. The lowest BCUT2D eigenvalue weighted by atomic mass is 9.96. The minimum Gasteiger partial charge on any atom is -0.465 e. The highest BCUT2D eigenvalue weighted by molar-refractivity contribution is 5.97. The molecule has 0 bridgehead atoms. The SMILES string of the molecule is COC(=O)c1ccc(CN(C(=O)NC2CCCCC2)c2ccccc2)cc1.NCC(=O)c1ccc(CN(C(=O)NC2CCCCC2)c2ccccc2)cc1. The van der Waals surface area contributed by atoms with Gasteiger partial charge in [-0.15, -0.1) is 0 Å². The molecule has 10 nitrogen and oxygen atoms in total. The first-order valence-corrected chi connectivity index (χ1v) is 19.1. The summed E-state index contributed by atoms with van der Waals surface area (Å²) in [5, 5.41) is 6.38. The summed E-state index contributed by atoms with van der Waals surface area (Å²) in [5.41, 5.74) is 10.1. The van der Waals surface area contributed by atoms with Crippen LogP contribution < -0.4 is 26.2 Å². The topological polar surface area (TPSA) is 134 Å². The quantitative estimate of drug-likeness (QED) is 0.105. The van der Waals surface area contributed by atoms with Crippen LogP contribution in [-0.2, 0) is 17.8 Å². The molecule has 54 heavy (non-hydrogen) atoms. The van der Waals surface area contributed by atoms with Gasteiger partial charge in [-0.2, -0.15) is 0 Å². The van der Waals surface area contributed by atoms with Gasteiger partial charge in [-0.1, -0.05) is 111 Å².